The molecule has 5 nitrogen and oxygen atoms in total. The maximum Gasteiger partial charge on any atom is 0.251 e. The van der Waals surface area contributed by atoms with Gasteiger partial charge >= 0.3 is 0 Å². The quantitative estimate of drug-likeness (QED) is 0.538. The molecule has 1 heterocycles. The van der Waals surface area contributed by atoms with E-state index in [1.165, 1.54) is 0 Å². The number of nitrogens with one attached hydrogen (secondary N) is 2. The molecule has 154 valence electrons. The first-order valence-electron chi connectivity index (χ1n) is 10.6. The molecule has 5 heteroatoms. The van der Waals surface area contributed by atoms with Crippen LogP contribution in [0.1, 0.15) is 55.4 Å². The van der Waals surface area contributed by atoms with Crippen molar-refractivity contribution in [3.8, 4) is 0 Å². The topological polar surface area (TPSA) is 61.0 Å². The van der Waals surface area contributed by atoms with Crippen LogP contribution in [0.5, 0.6) is 0 Å². The molecule has 0 aliphatic rings. The monoisotopic (exact) mass is 392 g/mol. The molecule has 0 saturated heterocycles. The van der Waals surface area contributed by atoms with E-state index in [1.807, 2.05) is 48.5 Å². The molecule has 1 amide bonds. The average Bonchev–Trinajstić information content (AvgIpc) is 3.14. The zero-order valence-electron chi connectivity index (χ0n) is 17.7. The van der Waals surface area contributed by atoms with Crippen molar-refractivity contribution in [2.75, 3.05) is 19.6 Å². The molecule has 0 spiro atoms. The fraction of sp³-hybridized carbons (Fsp3) is 0.417. The summed E-state index contributed by atoms with van der Waals surface area (Å²) in [6.45, 7) is 9.70. The summed E-state index contributed by atoms with van der Waals surface area (Å²) in [5.74, 6) is 0.931. The third kappa shape index (κ3) is 5.91. The summed E-state index contributed by atoms with van der Waals surface area (Å²) >= 11 is 0. The second-order valence-corrected chi connectivity index (χ2v) is 7.62. The summed E-state index contributed by atoms with van der Waals surface area (Å²) in [6.07, 6.45) is 2.81. The van der Waals surface area contributed by atoms with Gasteiger partial charge in [-0.1, -0.05) is 38.1 Å². The first-order chi connectivity index (χ1) is 14.1. The van der Waals surface area contributed by atoms with Crippen LogP contribution in [0.25, 0.3) is 11.0 Å². The van der Waals surface area contributed by atoms with Gasteiger partial charge in [-0.3, -0.25) is 4.79 Å². The molecule has 0 radical (unpaired) electrons. The van der Waals surface area contributed by atoms with Crippen molar-refractivity contribution in [1.29, 1.82) is 0 Å². The first kappa shape index (κ1) is 21.1. The fourth-order valence-corrected chi connectivity index (χ4v) is 3.60. The van der Waals surface area contributed by atoms with E-state index in [-0.39, 0.29) is 11.9 Å². The number of imidazole rings is 1. The Kier molecular flexibility index (Phi) is 7.42. The normalized spacial score (nSPS) is 12.4. The zero-order chi connectivity index (χ0) is 20.6. The van der Waals surface area contributed by atoms with E-state index < -0.39 is 0 Å². The van der Waals surface area contributed by atoms with Crippen LogP contribution in [0, 0.1) is 0 Å². The largest absolute Gasteiger partial charge is 0.350 e. The molecule has 0 fully saturated rings. The number of fused-ring (bicyclic) bond motifs is 1. The minimum Gasteiger partial charge on any atom is -0.350 e. The minimum absolute atomic E-state index is 0.00405. The predicted molar refractivity (Wildman–Crippen MR) is 119 cm³/mol. The van der Waals surface area contributed by atoms with Crippen molar-refractivity contribution in [1.82, 2.24) is 20.2 Å². The summed E-state index contributed by atoms with van der Waals surface area (Å²) in [5.41, 5.74) is 3.86. The average molecular weight is 393 g/mol. The predicted octanol–water partition coefficient (Wildman–Crippen LogP) is 4.39. The standard InChI is InChI=1S/C24H32N4O/c1-4-28(5-2)16-8-9-18(3)25-24(29)20-14-12-19(13-15-20)17-23-26-21-10-6-7-11-22(21)27-23/h6-7,10-15,18H,4-5,8-9,16-17H2,1-3H3,(H,25,29)(H,26,27). The highest BCUT2D eigenvalue weighted by Gasteiger charge is 2.11. The highest BCUT2D eigenvalue weighted by atomic mass is 16.1. The van der Waals surface area contributed by atoms with Gasteiger partial charge in [0.1, 0.15) is 5.82 Å². The molecular formula is C24H32N4O. The Morgan fingerprint density at radius 1 is 1.10 bits per heavy atom. The highest BCUT2D eigenvalue weighted by Crippen LogP contribution is 2.14. The molecule has 1 unspecified atom stereocenters. The molecular weight excluding hydrogens is 360 g/mol. The van der Waals surface area contributed by atoms with Crippen molar-refractivity contribution in [3.63, 3.8) is 0 Å². The lowest BCUT2D eigenvalue weighted by Crippen LogP contribution is -2.33. The molecule has 2 aromatic carbocycles. The molecule has 0 bridgehead atoms. The fourth-order valence-electron chi connectivity index (χ4n) is 3.60. The summed E-state index contributed by atoms with van der Waals surface area (Å²) < 4.78 is 0. The molecule has 1 atom stereocenters. The Hall–Kier alpha value is -2.66. The zero-order valence-corrected chi connectivity index (χ0v) is 17.7. The van der Waals surface area contributed by atoms with Crippen molar-refractivity contribution in [2.45, 2.75) is 46.1 Å². The number of rotatable bonds is 10. The smallest absolute Gasteiger partial charge is 0.251 e. The van der Waals surface area contributed by atoms with E-state index in [0.29, 0.717) is 5.56 Å². The van der Waals surface area contributed by atoms with Gasteiger partial charge in [-0.2, -0.15) is 0 Å². The Bertz CT molecular complexity index is 879. The van der Waals surface area contributed by atoms with Gasteiger partial charge in [-0.05, 0) is 69.2 Å². The van der Waals surface area contributed by atoms with E-state index in [2.05, 4.69) is 41.0 Å². The van der Waals surface area contributed by atoms with Gasteiger partial charge in [-0.15, -0.1) is 0 Å². The van der Waals surface area contributed by atoms with Crippen LogP contribution < -0.4 is 5.32 Å². The number of hydrogen-bond donors (Lipinski definition) is 2. The van der Waals surface area contributed by atoms with Crippen LogP contribution in [-0.4, -0.2) is 46.5 Å². The molecule has 0 aliphatic carbocycles. The van der Waals surface area contributed by atoms with Gasteiger partial charge in [0.15, 0.2) is 0 Å². The van der Waals surface area contributed by atoms with Crippen LogP contribution in [0.15, 0.2) is 48.5 Å². The number of nitrogens with zero attached hydrogens (tertiary/aromatic N) is 2. The third-order valence-electron chi connectivity index (χ3n) is 5.41. The molecule has 3 rings (SSSR count). The molecule has 0 aliphatic heterocycles. The van der Waals surface area contributed by atoms with E-state index in [9.17, 15) is 4.79 Å². The van der Waals surface area contributed by atoms with Gasteiger partial charge in [0, 0.05) is 18.0 Å². The Labute approximate surface area is 173 Å². The number of carbonyl (C=O) groups is 1. The van der Waals surface area contributed by atoms with E-state index >= 15 is 0 Å². The molecule has 3 aromatic rings. The number of hydrogen-bond acceptors (Lipinski definition) is 3. The van der Waals surface area contributed by atoms with Crippen LogP contribution in [0.3, 0.4) is 0 Å². The summed E-state index contributed by atoms with van der Waals surface area (Å²) in [6, 6.07) is 16.0. The number of H-pyrrole nitrogens is 1. The SMILES string of the molecule is CCN(CC)CCCC(C)NC(=O)c1ccc(Cc2nc3ccccc3[nH]2)cc1. The number of aromatic amines is 1. The Morgan fingerprint density at radius 3 is 2.52 bits per heavy atom. The van der Waals surface area contributed by atoms with Gasteiger partial charge in [-0.25, -0.2) is 4.98 Å². The number of amides is 1. The van der Waals surface area contributed by atoms with Crippen molar-refractivity contribution < 1.29 is 4.79 Å². The van der Waals surface area contributed by atoms with Crippen molar-refractivity contribution >= 4 is 16.9 Å². The Balaban J connectivity index is 1.50. The minimum atomic E-state index is -0.00405. The van der Waals surface area contributed by atoms with Crippen molar-refractivity contribution in [2.24, 2.45) is 0 Å². The van der Waals surface area contributed by atoms with E-state index in [0.717, 1.165) is 61.3 Å². The second kappa shape index (κ2) is 10.2. The van der Waals surface area contributed by atoms with Gasteiger partial charge in [0.25, 0.3) is 5.91 Å². The first-order valence-corrected chi connectivity index (χ1v) is 10.6. The third-order valence-corrected chi connectivity index (χ3v) is 5.41. The van der Waals surface area contributed by atoms with E-state index in [4.69, 9.17) is 0 Å². The maximum absolute atomic E-state index is 12.5. The summed E-state index contributed by atoms with van der Waals surface area (Å²) in [5, 5.41) is 3.12. The Morgan fingerprint density at radius 2 is 1.83 bits per heavy atom. The number of carbonyl (C=O) groups excluding carboxylic acids is 1. The molecule has 0 saturated carbocycles. The van der Waals surface area contributed by atoms with Gasteiger partial charge in [0.2, 0.25) is 0 Å². The lowest BCUT2D eigenvalue weighted by Gasteiger charge is -2.19. The number of para-hydroxylation sites is 2. The van der Waals surface area contributed by atoms with Crippen LogP contribution in [0.2, 0.25) is 0 Å². The summed E-state index contributed by atoms with van der Waals surface area (Å²) in [4.78, 5) is 22.9. The van der Waals surface area contributed by atoms with Crippen LogP contribution in [0.4, 0.5) is 0 Å². The maximum atomic E-state index is 12.5. The van der Waals surface area contributed by atoms with Crippen LogP contribution >= 0.6 is 0 Å². The number of benzene rings is 2. The molecule has 29 heavy (non-hydrogen) atoms. The van der Waals surface area contributed by atoms with Crippen molar-refractivity contribution in [3.05, 3.63) is 65.5 Å². The van der Waals surface area contributed by atoms with E-state index in [1.54, 1.807) is 0 Å². The van der Waals surface area contributed by atoms with Gasteiger partial charge < -0.3 is 15.2 Å². The second-order valence-electron chi connectivity index (χ2n) is 7.62. The lowest BCUT2D eigenvalue weighted by molar-refractivity contribution is 0.0937. The highest BCUT2D eigenvalue weighted by molar-refractivity contribution is 5.94. The number of aromatic nitrogens is 2. The molecule has 2 N–H and O–H groups in total. The molecule has 1 aromatic heterocycles. The lowest BCUT2D eigenvalue weighted by atomic mass is 10.1. The van der Waals surface area contributed by atoms with Gasteiger partial charge in [0.05, 0.1) is 11.0 Å². The van der Waals surface area contributed by atoms with Crippen LogP contribution in [-0.2, 0) is 6.42 Å². The summed E-state index contributed by atoms with van der Waals surface area (Å²) in [7, 11) is 0.